The molecular formula is C30H24N2O6S. The Morgan fingerprint density at radius 3 is 2.38 bits per heavy atom. The fourth-order valence-electron chi connectivity index (χ4n) is 4.43. The van der Waals surface area contributed by atoms with Gasteiger partial charge in [-0.1, -0.05) is 42.0 Å². The molecule has 8 nitrogen and oxygen atoms in total. The normalized spacial score (nSPS) is 16.4. The highest BCUT2D eigenvalue weighted by Crippen LogP contribution is 2.42. The second kappa shape index (κ2) is 10.9. The third-order valence-corrected chi connectivity index (χ3v) is 7.10. The molecule has 0 saturated carbocycles. The van der Waals surface area contributed by atoms with Crippen LogP contribution in [0, 0.1) is 6.92 Å². The molecule has 1 aromatic heterocycles. The van der Waals surface area contributed by atoms with Gasteiger partial charge in [-0.2, -0.15) is 0 Å². The summed E-state index contributed by atoms with van der Waals surface area (Å²) in [6.07, 6.45) is 1.53. The Bertz CT molecular complexity index is 1560. The fourth-order valence-corrected chi connectivity index (χ4v) is 5.10. The van der Waals surface area contributed by atoms with E-state index in [0.29, 0.717) is 34.2 Å². The minimum Gasteiger partial charge on any atom is -0.507 e. The van der Waals surface area contributed by atoms with Gasteiger partial charge in [-0.25, -0.2) is 9.78 Å². The number of benzene rings is 3. The van der Waals surface area contributed by atoms with Crippen LogP contribution in [0.5, 0.6) is 5.75 Å². The Morgan fingerprint density at radius 2 is 1.74 bits per heavy atom. The number of amides is 1. The van der Waals surface area contributed by atoms with Crippen molar-refractivity contribution in [3.8, 4) is 5.75 Å². The molecule has 39 heavy (non-hydrogen) atoms. The van der Waals surface area contributed by atoms with Gasteiger partial charge in [-0.15, -0.1) is 11.3 Å². The lowest BCUT2D eigenvalue weighted by Gasteiger charge is -2.23. The number of carbonyl (C=O) groups is 3. The van der Waals surface area contributed by atoms with E-state index in [1.807, 2.05) is 31.2 Å². The first kappa shape index (κ1) is 25.9. The molecule has 1 atom stereocenters. The summed E-state index contributed by atoms with van der Waals surface area (Å²) in [7, 11) is 1.28. The number of aryl methyl sites for hydroxylation is 1. The standard InChI is InChI=1S/C30H24N2O6S/c1-18-4-3-5-19(16-18)17-38-23-12-10-21(11-13-23)26(33)24-25(20-6-8-22(9-7-20)29(36)37-2)32(28(35)27(24)34)30-31-14-15-39-30/h3-16,25,33H,17H2,1-2H3/t25-/m0/s1. The molecule has 1 aliphatic rings. The molecule has 4 aromatic rings. The lowest BCUT2D eigenvalue weighted by molar-refractivity contribution is -0.132. The summed E-state index contributed by atoms with van der Waals surface area (Å²) in [5.74, 6) is -1.87. The lowest BCUT2D eigenvalue weighted by Crippen LogP contribution is -2.29. The van der Waals surface area contributed by atoms with E-state index in [1.54, 1.807) is 53.9 Å². The van der Waals surface area contributed by atoms with Crippen LogP contribution in [0.1, 0.15) is 38.7 Å². The monoisotopic (exact) mass is 540 g/mol. The van der Waals surface area contributed by atoms with E-state index in [4.69, 9.17) is 9.47 Å². The van der Waals surface area contributed by atoms with E-state index in [2.05, 4.69) is 4.98 Å². The molecule has 0 spiro atoms. The van der Waals surface area contributed by atoms with E-state index in [1.165, 1.54) is 29.5 Å². The number of anilines is 1. The van der Waals surface area contributed by atoms with Gasteiger partial charge in [0.15, 0.2) is 5.13 Å². The highest BCUT2D eigenvalue weighted by atomic mass is 32.1. The Balaban J connectivity index is 1.49. The first-order valence-corrected chi connectivity index (χ1v) is 12.9. The fraction of sp³-hybridized carbons (Fsp3) is 0.133. The van der Waals surface area contributed by atoms with E-state index >= 15 is 0 Å². The van der Waals surface area contributed by atoms with Gasteiger partial charge in [0, 0.05) is 17.1 Å². The van der Waals surface area contributed by atoms with Crippen LogP contribution in [0.15, 0.2) is 89.9 Å². The number of Topliss-reactive ketones (excluding diaryl/α,β-unsaturated/α-hetero) is 1. The molecule has 2 heterocycles. The van der Waals surface area contributed by atoms with Crippen molar-refractivity contribution in [1.82, 2.24) is 4.98 Å². The van der Waals surface area contributed by atoms with Crippen molar-refractivity contribution in [2.45, 2.75) is 19.6 Å². The number of aromatic nitrogens is 1. The van der Waals surface area contributed by atoms with Crippen LogP contribution in [0.4, 0.5) is 5.13 Å². The van der Waals surface area contributed by atoms with Gasteiger partial charge < -0.3 is 14.6 Å². The number of hydrogen-bond acceptors (Lipinski definition) is 8. The van der Waals surface area contributed by atoms with E-state index in [-0.39, 0.29) is 11.3 Å². The third-order valence-electron chi connectivity index (χ3n) is 6.33. The first-order valence-electron chi connectivity index (χ1n) is 12.0. The van der Waals surface area contributed by atoms with Crippen molar-refractivity contribution in [3.63, 3.8) is 0 Å². The SMILES string of the molecule is COC(=O)c1ccc([C@H]2C(=C(O)c3ccc(OCc4cccc(C)c4)cc3)C(=O)C(=O)N2c2nccs2)cc1. The molecule has 0 radical (unpaired) electrons. The van der Waals surface area contributed by atoms with Gasteiger partial charge in [0.2, 0.25) is 0 Å². The molecule has 1 saturated heterocycles. The summed E-state index contributed by atoms with van der Waals surface area (Å²) < 4.78 is 10.6. The summed E-state index contributed by atoms with van der Waals surface area (Å²) in [6.45, 7) is 2.40. The minimum absolute atomic E-state index is 0.0746. The van der Waals surface area contributed by atoms with Gasteiger partial charge in [0.1, 0.15) is 18.1 Å². The highest BCUT2D eigenvalue weighted by molar-refractivity contribution is 7.14. The number of ketones is 1. The number of carbonyl (C=O) groups excluding carboxylic acids is 3. The van der Waals surface area contributed by atoms with E-state index in [0.717, 1.165) is 11.1 Å². The summed E-state index contributed by atoms with van der Waals surface area (Å²) in [5.41, 5.74) is 3.29. The maximum atomic E-state index is 13.3. The van der Waals surface area contributed by atoms with Crippen molar-refractivity contribution in [2.75, 3.05) is 12.0 Å². The number of aliphatic hydroxyl groups is 1. The zero-order valence-electron chi connectivity index (χ0n) is 21.2. The zero-order valence-corrected chi connectivity index (χ0v) is 22.0. The quantitative estimate of drug-likeness (QED) is 0.144. The van der Waals surface area contributed by atoms with Crippen LogP contribution in [0.2, 0.25) is 0 Å². The number of esters is 1. The molecular weight excluding hydrogens is 516 g/mol. The number of aliphatic hydroxyl groups excluding tert-OH is 1. The number of nitrogens with zero attached hydrogens (tertiary/aromatic N) is 2. The second-order valence-corrected chi connectivity index (χ2v) is 9.77. The van der Waals surface area contributed by atoms with Gasteiger partial charge >= 0.3 is 11.9 Å². The molecule has 1 N–H and O–H groups in total. The molecule has 1 aliphatic heterocycles. The Hall–Kier alpha value is -4.76. The lowest BCUT2D eigenvalue weighted by atomic mass is 9.94. The van der Waals surface area contributed by atoms with Crippen molar-refractivity contribution in [2.24, 2.45) is 0 Å². The molecule has 0 aliphatic carbocycles. The van der Waals surface area contributed by atoms with Crippen molar-refractivity contribution < 1.29 is 29.0 Å². The van der Waals surface area contributed by atoms with Crippen LogP contribution in [-0.2, 0) is 20.9 Å². The van der Waals surface area contributed by atoms with Crippen molar-refractivity contribution in [3.05, 3.63) is 118 Å². The van der Waals surface area contributed by atoms with Crippen LogP contribution in [0.25, 0.3) is 5.76 Å². The number of rotatable bonds is 7. The van der Waals surface area contributed by atoms with Crippen LogP contribution >= 0.6 is 11.3 Å². The third kappa shape index (κ3) is 5.17. The average molecular weight is 541 g/mol. The summed E-state index contributed by atoms with van der Waals surface area (Å²) >= 11 is 1.20. The predicted molar refractivity (Wildman–Crippen MR) is 147 cm³/mol. The molecule has 0 unspecified atom stereocenters. The molecule has 0 bridgehead atoms. The summed E-state index contributed by atoms with van der Waals surface area (Å²) in [4.78, 5) is 43.8. The Morgan fingerprint density at radius 1 is 1.03 bits per heavy atom. The van der Waals surface area contributed by atoms with Gasteiger partial charge in [0.05, 0.1) is 24.3 Å². The van der Waals surface area contributed by atoms with Gasteiger partial charge in [0.25, 0.3) is 5.78 Å². The van der Waals surface area contributed by atoms with Crippen LogP contribution in [0.3, 0.4) is 0 Å². The maximum Gasteiger partial charge on any atom is 0.337 e. The molecule has 9 heteroatoms. The molecule has 1 amide bonds. The van der Waals surface area contributed by atoms with Crippen LogP contribution in [-0.4, -0.2) is 34.9 Å². The smallest absolute Gasteiger partial charge is 0.337 e. The van der Waals surface area contributed by atoms with Crippen LogP contribution < -0.4 is 9.64 Å². The minimum atomic E-state index is -0.944. The topological polar surface area (TPSA) is 106 Å². The largest absolute Gasteiger partial charge is 0.507 e. The predicted octanol–water partition coefficient (Wildman–Crippen LogP) is 5.44. The Kier molecular flexibility index (Phi) is 7.25. The first-order chi connectivity index (χ1) is 18.9. The molecule has 1 fully saturated rings. The molecule has 5 rings (SSSR count). The maximum absolute atomic E-state index is 13.3. The van der Waals surface area contributed by atoms with Crippen molar-refractivity contribution >= 4 is 39.9 Å². The number of methoxy groups -OCH3 is 1. The average Bonchev–Trinajstić information content (AvgIpc) is 3.58. The highest BCUT2D eigenvalue weighted by Gasteiger charge is 2.48. The zero-order chi connectivity index (χ0) is 27.5. The van der Waals surface area contributed by atoms with Crippen molar-refractivity contribution in [1.29, 1.82) is 0 Å². The number of hydrogen-bond donors (Lipinski definition) is 1. The molecule has 3 aromatic carbocycles. The summed E-state index contributed by atoms with van der Waals surface area (Å²) in [6, 6.07) is 20.1. The second-order valence-electron chi connectivity index (χ2n) is 8.90. The number of ether oxygens (including phenoxy) is 2. The van der Waals surface area contributed by atoms with Gasteiger partial charge in [-0.3, -0.25) is 14.5 Å². The summed E-state index contributed by atoms with van der Waals surface area (Å²) in [5, 5.41) is 13.3. The number of thiazole rings is 1. The Labute approximate surface area is 228 Å². The molecule has 196 valence electrons. The van der Waals surface area contributed by atoms with Gasteiger partial charge in [-0.05, 0) is 54.4 Å². The van der Waals surface area contributed by atoms with E-state index < -0.39 is 23.7 Å². The van der Waals surface area contributed by atoms with E-state index in [9.17, 15) is 19.5 Å².